The molecule has 4 heavy (non-hydrogen) atoms. The molecule has 0 aromatic rings. The van der Waals surface area contributed by atoms with Crippen molar-refractivity contribution >= 4 is 28.3 Å². The molecule has 0 aromatic carbocycles. The second-order valence-electron chi connectivity index (χ2n) is 0. The maximum Gasteiger partial charge on any atom is 0 e. The summed E-state index contributed by atoms with van der Waals surface area (Å²) in [6.07, 6.45) is 0. The number of hydrogen-bond donors (Lipinski definition) is 0. The summed E-state index contributed by atoms with van der Waals surface area (Å²) in [5.74, 6) is 0. The minimum Gasteiger partial charge on any atom is 0 e. The molecule has 0 aliphatic heterocycles. The summed E-state index contributed by atoms with van der Waals surface area (Å²) >= 11 is 0. The fourth-order valence-corrected chi connectivity index (χ4v) is 0. The van der Waals surface area contributed by atoms with Gasteiger partial charge in [-0.3, -0.25) is 0 Å². The molecule has 0 spiro atoms. The summed E-state index contributed by atoms with van der Waals surface area (Å²) in [6, 6.07) is 0. The van der Waals surface area contributed by atoms with Gasteiger partial charge in [-0.05, 0) is 0 Å². The van der Waals surface area contributed by atoms with Crippen molar-refractivity contribution < 1.29 is 55.1 Å². The third kappa shape index (κ3) is 8.82. The molecule has 0 amide bonds. The van der Waals surface area contributed by atoms with Gasteiger partial charge in [-0.1, -0.05) is 0 Å². The van der Waals surface area contributed by atoms with Gasteiger partial charge in [-0.15, -0.1) is 0 Å². The molecular formula is AlLaSiZn. The molecule has 0 nitrogen and oxygen atoms in total. The van der Waals surface area contributed by atoms with Crippen LogP contribution in [0.3, 0.4) is 0 Å². The fourth-order valence-electron chi connectivity index (χ4n) is 0. The Labute approximate surface area is 82.0 Å². The summed E-state index contributed by atoms with van der Waals surface area (Å²) in [7, 11) is 0. The van der Waals surface area contributed by atoms with Gasteiger partial charge >= 0.3 is 0 Å². The molecule has 0 N–H and O–H groups in total. The Morgan fingerprint density at radius 2 is 1.00 bits per heavy atom. The largest absolute Gasteiger partial charge is 0 e. The molecule has 8 radical (unpaired) electrons. The first-order valence-corrected chi connectivity index (χ1v) is 0. The van der Waals surface area contributed by atoms with Gasteiger partial charge in [0.1, 0.15) is 0 Å². The van der Waals surface area contributed by atoms with Crippen molar-refractivity contribution in [2.45, 2.75) is 0 Å². The Hall–Kier alpha value is 2.57. The standard InChI is InChI=1S/Al.La.Si.Zn. The van der Waals surface area contributed by atoms with Crippen LogP contribution in [0.25, 0.3) is 0 Å². The molecule has 4 heteroatoms. The van der Waals surface area contributed by atoms with E-state index < -0.39 is 0 Å². The van der Waals surface area contributed by atoms with Gasteiger partial charge in [0.25, 0.3) is 0 Å². The summed E-state index contributed by atoms with van der Waals surface area (Å²) < 4.78 is 0. The van der Waals surface area contributed by atoms with E-state index in [-0.39, 0.29) is 83.4 Å². The van der Waals surface area contributed by atoms with E-state index in [2.05, 4.69) is 0 Å². The van der Waals surface area contributed by atoms with Crippen molar-refractivity contribution in [2.75, 3.05) is 0 Å². The van der Waals surface area contributed by atoms with Crippen LogP contribution < -0.4 is 0 Å². The quantitative estimate of drug-likeness (QED) is 0.502. The molecule has 0 aromatic heterocycles. The molecule has 12 valence electrons. The third-order valence-corrected chi connectivity index (χ3v) is 0. The molecule has 0 saturated carbocycles. The van der Waals surface area contributed by atoms with Crippen molar-refractivity contribution in [3.8, 4) is 0 Å². The van der Waals surface area contributed by atoms with Gasteiger partial charge in [-0.2, -0.15) is 0 Å². The Kier molecular flexibility index (Phi) is 136. The fraction of sp³-hybridized carbons (Fsp3) is 0. The van der Waals surface area contributed by atoms with Gasteiger partial charge < -0.3 is 0 Å². The van der Waals surface area contributed by atoms with Crippen LogP contribution in [0.4, 0.5) is 0 Å². The second-order valence-corrected chi connectivity index (χ2v) is 0. The van der Waals surface area contributed by atoms with E-state index in [1.807, 2.05) is 0 Å². The van der Waals surface area contributed by atoms with E-state index in [0.717, 1.165) is 0 Å². The van der Waals surface area contributed by atoms with Gasteiger partial charge in [0.15, 0.2) is 0 Å². The maximum absolute atomic E-state index is 0. The topological polar surface area (TPSA) is 0 Å². The Morgan fingerprint density at radius 1 is 1.00 bits per heavy atom. The van der Waals surface area contributed by atoms with E-state index in [4.69, 9.17) is 0 Å². The van der Waals surface area contributed by atoms with Crippen LogP contribution in [0.5, 0.6) is 0 Å². The van der Waals surface area contributed by atoms with Crippen LogP contribution >= 0.6 is 0 Å². The minimum atomic E-state index is 0. The average molecular weight is 259 g/mol. The Bertz CT molecular complexity index is 8.00. The van der Waals surface area contributed by atoms with E-state index in [1.54, 1.807) is 0 Å². The minimum absolute atomic E-state index is 0. The van der Waals surface area contributed by atoms with Crippen LogP contribution in [0.15, 0.2) is 0 Å². The predicted octanol–water partition coefficient (Wildman–Crippen LogP) is -0.764. The average Bonchev–Trinajstić information content (AvgIpc) is 0. The van der Waals surface area contributed by atoms with Gasteiger partial charge in [-0.25, -0.2) is 0 Å². The molecule has 0 heterocycles. The van der Waals surface area contributed by atoms with Crippen LogP contribution in [0.1, 0.15) is 0 Å². The molecule has 0 aliphatic carbocycles. The third-order valence-electron chi connectivity index (χ3n) is 0. The van der Waals surface area contributed by atoms with Crippen molar-refractivity contribution in [3.63, 3.8) is 0 Å². The molecule has 0 atom stereocenters. The molecule has 0 saturated heterocycles. The van der Waals surface area contributed by atoms with Crippen LogP contribution in [0, 0.1) is 35.6 Å². The first kappa shape index (κ1) is 30.9. The summed E-state index contributed by atoms with van der Waals surface area (Å²) in [6.45, 7) is 0. The van der Waals surface area contributed by atoms with Crippen molar-refractivity contribution in [1.29, 1.82) is 0 Å². The SMILES string of the molecule is [Al].[La].[Si].[Zn]. The summed E-state index contributed by atoms with van der Waals surface area (Å²) in [5, 5.41) is 0. The monoisotopic (exact) mass is 258 g/mol. The summed E-state index contributed by atoms with van der Waals surface area (Å²) in [4.78, 5) is 0. The zero-order valence-electron chi connectivity index (χ0n) is 2.36. The predicted molar refractivity (Wildman–Crippen MR) is 11.5 cm³/mol. The van der Waals surface area contributed by atoms with Gasteiger partial charge in [0, 0.05) is 83.4 Å². The smallest absolute Gasteiger partial charge is 0 e. The van der Waals surface area contributed by atoms with E-state index in [1.165, 1.54) is 0 Å². The first-order chi connectivity index (χ1) is 0. The molecule has 0 aliphatic rings. The van der Waals surface area contributed by atoms with E-state index in [0.29, 0.717) is 0 Å². The van der Waals surface area contributed by atoms with Crippen molar-refractivity contribution in [3.05, 3.63) is 0 Å². The molecular weight excluding hydrogens is 259 g/mol. The molecule has 0 fully saturated rings. The Morgan fingerprint density at radius 3 is 1.00 bits per heavy atom. The van der Waals surface area contributed by atoms with E-state index >= 15 is 0 Å². The number of rotatable bonds is 0. The number of hydrogen-bond acceptors (Lipinski definition) is 0. The molecule has 0 unspecified atom stereocenters. The van der Waals surface area contributed by atoms with Gasteiger partial charge in [0.05, 0.1) is 0 Å². The zero-order chi connectivity index (χ0) is 0. The van der Waals surface area contributed by atoms with Crippen LogP contribution in [-0.4, -0.2) is 28.3 Å². The summed E-state index contributed by atoms with van der Waals surface area (Å²) in [5.41, 5.74) is 0. The van der Waals surface area contributed by atoms with Gasteiger partial charge in [0.2, 0.25) is 0 Å². The molecule has 0 rings (SSSR count). The first-order valence-electron chi connectivity index (χ1n) is 0. The molecule has 0 bridgehead atoms. The van der Waals surface area contributed by atoms with Crippen LogP contribution in [0.2, 0.25) is 0 Å². The normalized spacial score (nSPS) is 0. The van der Waals surface area contributed by atoms with Crippen molar-refractivity contribution in [2.24, 2.45) is 0 Å². The zero-order valence-corrected chi connectivity index (χ0v) is 11.1. The van der Waals surface area contributed by atoms with E-state index in [9.17, 15) is 0 Å². The van der Waals surface area contributed by atoms with Crippen LogP contribution in [-0.2, 0) is 19.5 Å². The Balaban J connectivity index is 0. The van der Waals surface area contributed by atoms with Crippen molar-refractivity contribution in [1.82, 2.24) is 0 Å². The second kappa shape index (κ2) is 17.6. The maximum atomic E-state index is 0.